The van der Waals surface area contributed by atoms with Gasteiger partial charge in [-0.1, -0.05) is 12.1 Å². The van der Waals surface area contributed by atoms with Gasteiger partial charge in [-0.2, -0.15) is 5.10 Å². The van der Waals surface area contributed by atoms with Crippen molar-refractivity contribution in [2.45, 2.75) is 97.7 Å². The number of methoxy groups -OCH3 is 2. The minimum absolute atomic E-state index is 0.0438. The molecule has 0 amide bonds. The molecule has 0 aromatic heterocycles. The van der Waals surface area contributed by atoms with Gasteiger partial charge in [-0.15, -0.1) is 0 Å². The van der Waals surface area contributed by atoms with Crippen LogP contribution in [0.15, 0.2) is 29.4 Å². The Morgan fingerprint density at radius 2 is 1.28 bits per heavy atom. The smallest absolute Gasteiger partial charge is 0.174 e. The van der Waals surface area contributed by atoms with Crippen molar-refractivity contribution in [1.82, 2.24) is 9.80 Å². The van der Waals surface area contributed by atoms with E-state index in [1.807, 2.05) is 12.1 Å². The van der Waals surface area contributed by atoms with Gasteiger partial charge in [0.05, 0.1) is 42.0 Å². The van der Waals surface area contributed by atoms with Gasteiger partial charge in [0.25, 0.3) is 0 Å². The standard InChI is InChI=1S/C18H23N3O3.C18H21NO4/c1-21-8-7-17-14-10-3-4-12(23-2)15(14)24-16(17)11(20-19)5-6-18(17,22)13(21)9-10;1-19-8-7-17-14-10-3-4-12(22-2)15(14)23-16(17)11(20)5-6-18(17,21)13(19)9-10/h3-4,13,16,22H,5-9,19H2,1-2H3;3-4,13,16,21H,5-9H2,1-2H3/t2*13-,16+,17+,18-/m11/s1. The Morgan fingerprint density at radius 3 is 1.79 bits per heavy atom. The molecule has 0 unspecified atom stereocenters. The van der Waals surface area contributed by atoms with E-state index >= 15 is 0 Å². The van der Waals surface area contributed by atoms with Crippen molar-refractivity contribution in [2.24, 2.45) is 10.9 Å². The van der Waals surface area contributed by atoms with Gasteiger partial charge in [-0.05, 0) is 95.4 Å². The maximum Gasteiger partial charge on any atom is 0.174 e. The van der Waals surface area contributed by atoms with Crippen LogP contribution in [0, 0.1) is 0 Å². The number of nitrogens with two attached hydrogens (primary N) is 1. The molecule has 2 aromatic rings. The van der Waals surface area contributed by atoms with Crippen molar-refractivity contribution in [3.8, 4) is 23.0 Å². The van der Waals surface area contributed by atoms with Crippen LogP contribution in [0.5, 0.6) is 23.0 Å². The molecule has 4 heterocycles. The number of aliphatic hydroxyl groups is 2. The molecule has 2 aromatic carbocycles. The normalized spacial score (nSPS) is 40.8. The lowest BCUT2D eigenvalue weighted by molar-refractivity contribution is -0.185. The summed E-state index contributed by atoms with van der Waals surface area (Å²) < 4.78 is 23.6. The van der Waals surface area contributed by atoms with E-state index in [4.69, 9.17) is 24.8 Å². The molecule has 4 bridgehead atoms. The van der Waals surface area contributed by atoms with E-state index in [2.05, 4.69) is 41.1 Å². The number of ether oxygens (including phenoxy) is 4. The third-order valence-corrected chi connectivity index (χ3v) is 13.6. The summed E-state index contributed by atoms with van der Waals surface area (Å²) >= 11 is 0. The highest BCUT2D eigenvalue weighted by Gasteiger charge is 2.74. The Balaban J connectivity index is 0.000000129. The molecule has 4 aliphatic carbocycles. The van der Waals surface area contributed by atoms with Crippen molar-refractivity contribution >= 4 is 11.5 Å². The molecular formula is C36H44N4O7. The zero-order valence-corrected chi connectivity index (χ0v) is 27.5. The van der Waals surface area contributed by atoms with Crippen molar-refractivity contribution in [3.63, 3.8) is 0 Å². The topological polar surface area (TPSA) is 139 Å². The van der Waals surface area contributed by atoms with E-state index in [1.165, 1.54) is 11.1 Å². The van der Waals surface area contributed by atoms with Gasteiger partial charge in [0, 0.05) is 29.6 Å². The lowest BCUT2D eigenvalue weighted by Gasteiger charge is -2.62. The van der Waals surface area contributed by atoms with E-state index in [-0.39, 0.29) is 24.0 Å². The fourth-order valence-corrected chi connectivity index (χ4v) is 11.5. The molecule has 11 nitrogen and oxygen atoms in total. The molecule has 4 aliphatic heterocycles. The van der Waals surface area contributed by atoms with Gasteiger partial charge in [0.2, 0.25) is 0 Å². The maximum absolute atomic E-state index is 12.7. The first kappa shape index (κ1) is 29.7. The summed E-state index contributed by atoms with van der Waals surface area (Å²) in [5.41, 5.74) is 2.71. The minimum atomic E-state index is -0.900. The number of likely N-dealkylation sites (tertiary alicyclic amines) is 2. The third-order valence-electron chi connectivity index (χ3n) is 13.6. The largest absolute Gasteiger partial charge is 0.493 e. The second kappa shape index (κ2) is 9.62. The third kappa shape index (κ3) is 3.27. The number of carbonyl (C=O) groups excluding carboxylic acids is 1. The van der Waals surface area contributed by atoms with Gasteiger partial charge in [-0.25, -0.2) is 0 Å². The Hall–Kier alpha value is -3.38. The van der Waals surface area contributed by atoms with Crippen molar-refractivity contribution in [1.29, 1.82) is 0 Å². The first-order valence-corrected chi connectivity index (χ1v) is 17.0. The second-order valence-electron chi connectivity index (χ2n) is 15.0. The molecule has 4 N–H and O–H groups in total. The van der Waals surface area contributed by atoms with Crippen LogP contribution in [0.2, 0.25) is 0 Å². The molecule has 8 atom stereocenters. The Labute approximate surface area is 274 Å². The highest BCUT2D eigenvalue weighted by molar-refractivity contribution is 5.94. The average Bonchev–Trinajstić information content (AvgIpc) is 3.61. The van der Waals surface area contributed by atoms with E-state index in [1.54, 1.807) is 14.2 Å². The number of Topliss-reactive ketones (excluding diaryl/α,β-unsaturated/α-hetero) is 1. The predicted octanol–water partition coefficient (Wildman–Crippen LogP) is 1.84. The van der Waals surface area contributed by atoms with Crippen LogP contribution in [-0.4, -0.2) is 108 Å². The highest BCUT2D eigenvalue weighted by Crippen LogP contribution is 2.66. The van der Waals surface area contributed by atoms with Crippen LogP contribution < -0.4 is 24.8 Å². The molecule has 8 aliphatic rings. The number of hydrazone groups is 1. The summed E-state index contributed by atoms with van der Waals surface area (Å²) in [5, 5.41) is 27.7. The number of likely N-dealkylation sites (N-methyl/N-ethyl adjacent to an activating group) is 2. The lowest BCUT2D eigenvalue weighted by Crippen LogP contribution is -2.76. The summed E-state index contributed by atoms with van der Waals surface area (Å²) in [6.07, 6.45) is 4.63. The van der Waals surface area contributed by atoms with Gasteiger partial charge < -0.3 is 44.8 Å². The number of benzene rings is 2. The van der Waals surface area contributed by atoms with Crippen LogP contribution in [0.25, 0.3) is 0 Å². The number of hydrogen-bond acceptors (Lipinski definition) is 11. The Morgan fingerprint density at radius 1 is 0.787 bits per heavy atom. The molecule has 2 saturated carbocycles. The summed E-state index contributed by atoms with van der Waals surface area (Å²) in [6, 6.07) is 8.25. The molecule has 10 rings (SSSR count). The summed E-state index contributed by atoms with van der Waals surface area (Å²) in [5.74, 6) is 8.67. The van der Waals surface area contributed by atoms with E-state index in [9.17, 15) is 15.0 Å². The number of hydrogen-bond donors (Lipinski definition) is 3. The fourth-order valence-electron chi connectivity index (χ4n) is 11.5. The average molecular weight is 645 g/mol. The summed E-state index contributed by atoms with van der Waals surface area (Å²) in [4.78, 5) is 17.2. The van der Waals surface area contributed by atoms with Gasteiger partial charge >= 0.3 is 0 Å². The van der Waals surface area contributed by atoms with Crippen LogP contribution in [-0.2, 0) is 28.5 Å². The number of carbonyl (C=O) groups is 1. The number of nitrogens with zero attached hydrogens (tertiary/aromatic N) is 3. The van der Waals surface area contributed by atoms with Gasteiger partial charge in [0.15, 0.2) is 41.0 Å². The molecule has 250 valence electrons. The molecule has 2 saturated heterocycles. The van der Waals surface area contributed by atoms with Crippen LogP contribution >= 0.6 is 0 Å². The molecule has 11 heteroatoms. The first-order valence-electron chi connectivity index (χ1n) is 17.0. The molecule has 4 fully saturated rings. The minimum Gasteiger partial charge on any atom is -0.493 e. The number of ketones is 1. The van der Waals surface area contributed by atoms with E-state index < -0.39 is 28.1 Å². The quantitative estimate of drug-likeness (QED) is 0.328. The molecule has 47 heavy (non-hydrogen) atoms. The van der Waals surface area contributed by atoms with E-state index in [0.29, 0.717) is 37.2 Å². The molecule has 0 radical (unpaired) electrons. The Kier molecular flexibility index (Phi) is 6.08. The van der Waals surface area contributed by atoms with E-state index in [0.717, 1.165) is 67.1 Å². The van der Waals surface area contributed by atoms with Gasteiger partial charge in [-0.3, -0.25) is 4.79 Å². The zero-order chi connectivity index (χ0) is 32.7. The van der Waals surface area contributed by atoms with Crippen molar-refractivity contribution in [2.75, 3.05) is 41.4 Å². The predicted molar refractivity (Wildman–Crippen MR) is 173 cm³/mol. The maximum atomic E-state index is 12.7. The molecule has 2 spiro atoms. The van der Waals surface area contributed by atoms with Crippen LogP contribution in [0.4, 0.5) is 0 Å². The summed E-state index contributed by atoms with van der Waals surface area (Å²) in [7, 11) is 7.47. The van der Waals surface area contributed by atoms with Crippen molar-refractivity contribution < 1.29 is 34.0 Å². The van der Waals surface area contributed by atoms with Crippen LogP contribution in [0.3, 0.4) is 0 Å². The highest BCUT2D eigenvalue weighted by atomic mass is 16.5. The second-order valence-corrected chi connectivity index (χ2v) is 15.0. The SMILES string of the molecule is COc1ccc2c3c1O[C@H]1C(=NN)CC[C@@]4(O)[C@@H](C2)N(C)CC[C@]314.COc1ccc2c3c1O[C@H]1C(=O)CC[C@@]4(O)[C@@H](C2)N(C)CC[C@]314. The Bertz CT molecular complexity index is 1750. The number of rotatable bonds is 2. The van der Waals surface area contributed by atoms with Gasteiger partial charge in [0.1, 0.15) is 0 Å². The lowest BCUT2D eigenvalue weighted by atomic mass is 9.49. The molecular weight excluding hydrogens is 600 g/mol. The van der Waals surface area contributed by atoms with Crippen LogP contribution in [0.1, 0.15) is 60.8 Å². The fraction of sp³-hybridized carbons (Fsp3) is 0.611. The first-order chi connectivity index (χ1) is 22.6. The van der Waals surface area contributed by atoms with Crippen molar-refractivity contribution in [3.05, 3.63) is 46.5 Å². The zero-order valence-electron chi connectivity index (χ0n) is 27.5. The summed E-state index contributed by atoms with van der Waals surface area (Å²) in [6.45, 7) is 1.80. The number of piperidine rings is 2. The monoisotopic (exact) mass is 644 g/mol.